The minimum atomic E-state index is 0.0525. The van der Waals surface area contributed by atoms with E-state index < -0.39 is 0 Å². The molecule has 0 unspecified atom stereocenters. The molecule has 1 aromatic heterocycles. The molecule has 0 spiro atoms. The van der Waals surface area contributed by atoms with Gasteiger partial charge in [-0.05, 0) is 75.0 Å². The Morgan fingerprint density at radius 1 is 0.969 bits per heavy atom. The summed E-state index contributed by atoms with van der Waals surface area (Å²) in [5, 5.41) is 19.0. The van der Waals surface area contributed by atoms with E-state index in [4.69, 9.17) is 0 Å². The number of hydrogen-bond donors (Lipinski definition) is 3. The molecule has 3 aromatic rings. The summed E-state index contributed by atoms with van der Waals surface area (Å²) in [7, 11) is 1.99. The van der Waals surface area contributed by atoms with Crippen LogP contribution < -0.4 is 15.5 Å². The highest BCUT2D eigenvalue weighted by Gasteiger charge is 2.35. The molecule has 0 atom stereocenters. The zero-order chi connectivity index (χ0) is 22.7. The van der Waals surface area contributed by atoms with Crippen molar-refractivity contribution in [3.8, 4) is 5.75 Å². The molecule has 4 rings (SSSR count). The van der Waals surface area contributed by atoms with E-state index in [1.165, 1.54) is 23.3 Å². The third-order valence-electron chi connectivity index (χ3n) is 6.11. The Balaban J connectivity index is 0.000000243. The number of thiophene rings is 1. The number of aromatic hydroxyl groups is 1. The fraction of sp³-hybridized carbons (Fsp3) is 0.407. The van der Waals surface area contributed by atoms with Crippen molar-refractivity contribution in [1.82, 2.24) is 10.6 Å². The Morgan fingerprint density at radius 2 is 1.69 bits per heavy atom. The van der Waals surface area contributed by atoms with E-state index in [1.54, 1.807) is 6.07 Å². The molecule has 172 valence electrons. The molecule has 0 bridgehead atoms. The highest BCUT2D eigenvalue weighted by Crippen LogP contribution is 2.36. The van der Waals surface area contributed by atoms with Gasteiger partial charge in [-0.2, -0.15) is 0 Å². The van der Waals surface area contributed by atoms with Crippen molar-refractivity contribution >= 4 is 17.0 Å². The highest BCUT2D eigenvalue weighted by molar-refractivity contribution is 7.09. The topological polar surface area (TPSA) is 47.5 Å². The number of nitrogens with one attached hydrogen (secondary N) is 2. The molecule has 1 saturated heterocycles. The maximum Gasteiger partial charge on any atom is 0.138 e. The van der Waals surface area contributed by atoms with Crippen LogP contribution in [0.1, 0.15) is 36.6 Å². The van der Waals surface area contributed by atoms with Crippen LogP contribution in [0.25, 0.3) is 0 Å². The highest BCUT2D eigenvalue weighted by atomic mass is 32.1. The van der Waals surface area contributed by atoms with Crippen LogP contribution in [0.3, 0.4) is 0 Å². The van der Waals surface area contributed by atoms with Crippen molar-refractivity contribution in [2.45, 2.75) is 38.1 Å². The van der Waals surface area contributed by atoms with Crippen molar-refractivity contribution in [1.29, 1.82) is 0 Å². The van der Waals surface area contributed by atoms with E-state index in [0.717, 1.165) is 44.7 Å². The zero-order valence-corrected chi connectivity index (χ0v) is 20.2. The molecular formula is C27H37N3OS. The molecule has 0 radical (unpaired) electrons. The molecule has 5 heteroatoms. The van der Waals surface area contributed by atoms with Gasteiger partial charge in [-0.3, -0.25) is 0 Å². The van der Waals surface area contributed by atoms with Gasteiger partial charge in [-0.25, -0.2) is 0 Å². The van der Waals surface area contributed by atoms with Crippen LogP contribution in [0.15, 0.2) is 72.1 Å². The molecule has 3 N–H and O–H groups in total. The van der Waals surface area contributed by atoms with Gasteiger partial charge in [0.25, 0.3) is 0 Å². The maximum absolute atomic E-state index is 10.1. The average molecular weight is 452 g/mol. The van der Waals surface area contributed by atoms with Crippen LogP contribution in [-0.2, 0) is 12.0 Å². The number of phenolic OH excluding ortho intramolecular Hbond substituents is 1. The van der Waals surface area contributed by atoms with Gasteiger partial charge in [0, 0.05) is 23.5 Å². The number of phenols is 1. The standard InChI is InChI=1S/C19H24N2O.C8H13NS/c1-2-20-19(16-8-4-3-5-9-16)12-14-21(15-13-19)17-10-6-7-11-18(17)22;1-9-6-2-4-8-5-3-7-10-8/h3-11,20,22H,2,12-15H2,1H3;3,5,7,9H,2,4,6H2,1H3. The average Bonchev–Trinajstić information content (AvgIpc) is 3.35. The SMILES string of the molecule is CCNC1(c2ccccc2)CCN(c2ccccc2O)CC1.CNCCCc1cccs1. The second-order valence-corrected chi connectivity index (χ2v) is 9.27. The molecule has 0 amide bonds. The number of piperidine rings is 1. The first-order valence-electron chi connectivity index (χ1n) is 11.7. The number of benzene rings is 2. The molecule has 0 aliphatic carbocycles. The number of rotatable bonds is 8. The predicted octanol–water partition coefficient (Wildman–Crippen LogP) is 5.40. The van der Waals surface area contributed by atoms with E-state index in [0.29, 0.717) is 5.75 Å². The maximum atomic E-state index is 10.1. The molecule has 0 saturated carbocycles. The normalized spacial score (nSPS) is 15.1. The lowest BCUT2D eigenvalue weighted by molar-refractivity contribution is 0.267. The quantitative estimate of drug-likeness (QED) is 0.402. The van der Waals surface area contributed by atoms with Crippen molar-refractivity contribution in [2.24, 2.45) is 0 Å². The molecular weight excluding hydrogens is 414 g/mol. The Morgan fingerprint density at radius 3 is 2.31 bits per heavy atom. The Labute approximate surface area is 197 Å². The van der Waals surface area contributed by atoms with Crippen molar-refractivity contribution in [2.75, 3.05) is 38.1 Å². The first kappa shape index (κ1) is 24.3. The molecule has 2 heterocycles. The number of hydrogen-bond acceptors (Lipinski definition) is 5. The van der Waals surface area contributed by atoms with E-state index in [2.05, 4.69) is 70.3 Å². The van der Waals surface area contributed by atoms with E-state index >= 15 is 0 Å². The van der Waals surface area contributed by atoms with E-state index in [9.17, 15) is 5.11 Å². The molecule has 32 heavy (non-hydrogen) atoms. The minimum Gasteiger partial charge on any atom is -0.506 e. The molecule has 1 fully saturated rings. The lowest BCUT2D eigenvalue weighted by Gasteiger charge is -2.44. The third-order valence-corrected chi connectivity index (χ3v) is 7.05. The zero-order valence-electron chi connectivity index (χ0n) is 19.4. The fourth-order valence-corrected chi connectivity index (χ4v) is 5.17. The number of nitrogens with zero attached hydrogens (tertiary/aromatic N) is 1. The van der Waals surface area contributed by atoms with Crippen molar-refractivity contribution < 1.29 is 5.11 Å². The van der Waals surface area contributed by atoms with Gasteiger partial charge in [0.1, 0.15) is 5.75 Å². The summed E-state index contributed by atoms with van der Waals surface area (Å²) in [6, 6.07) is 22.7. The van der Waals surface area contributed by atoms with Gasteiger partial charge in [-0.1, -0.05) is 55.5 Å². The number of aryl methyl sites for hydroxylation is 1. The number of anilines is 1. The number of para-hydroxylation sites is 2. The van der Waals surface area contributed by atoms with Crippen LogP contribution in [0.5, 0.6) is 5.75 Å². The third kappa shape index (κ3) is 6.58. The lowest BCUT2D eigenvalue weighted by atomic mass is 9.80. The lowest BCUT2D eigenvalue weighted by Crippen LogP contribution is -2.51. The molecule has 1 aliphatic rings. The molecule has 2 aromatic carbocycles. The Kier molecular flexibility index (Phi) is 9.60. The smallest absolute Gasteiger partial charge is 0.138 e. The summed E-state index contributed by atoms with van der Waals surface area (Å²) in [6.07, 6.45) is 4.55. The summed E-state index contributed by atoms with van der Waals surface area (Å²) in [5.41, 5.74) is 2.37. The summed E-state index contributed by atoms with van der Waals surface area (Å²) in [4.78, 5) is 3.78. The Bertz CT molecular complexity index is 890. The first-order chi connectivity index (χ1) is 15.7. The van der Waals surface area contributed by atoms with E-state index in [-0.39, 0.29) is 5.54 Å². The van der Waals surface area contributed by atoms with Crippen LogP contribution in [0.2, 0.25) is 0 Å². The second kappa shape index (κ2) is 12.6. The van der Waals surface area contributed by atoms with Gasteiger partial charge in [0.2, 0.25) is 0 Å². The first-order valence-corrected chi connectivity index (χ1v) is 12.6. The summed E-state index contributed by atoms with van der Waals surface area (Å²) in [5.74, 6) is 0.373. The van der Waals surface area contributed by atoms with E-state index in [1.807, 2.05) is 36.6 Å². The largest absolute Gasteiger partial charge is 0.506 e. The molecule has 1 aliphatic heterocycles. The van der Waals surface area contributed by atoms with Crippen LogP contribution in [0, 0.1) is 0 Å². The monoisotopic (exact) mass is 451 g/mol. The summed E-state index contributed by atoms with van der Waals surface area (Å²) < 4.78 is 0. The predicted molar refractivity (Wildman–Crippen MR) is 138 cm³/mol. The minimum absolute atomic E-state index is 0.0525. The summed E-state index contributed by atoms with van der Waals surface area (Å²) >= 11 is 1.85. The van der Waals surface area contributed by atoms with Crippen molar-refractivity contribution in [3.63, 3.8) is 0 Å². The fourth-order valence-electron chi connectivity index (χ4n) is 4.42. The van der Waals surface area contributed by atoms with Crippen LogP contribution in [-0.4, -0.2) is 38.3 Å². The Hall–Kier alpha value is -2.34. The molecule has 4 nitrogen and oxygen atoms in total. The second-order valence-electron chi connectivity index (χ2n) is 8.24. The van der Waals surface area contributed by atoms with Gasteiger partial charge in [0.15, 0.2) is 0 Å². The van der Waals surface area contributed by atoms with Gasteiger partial charge >= 0.3 is 0 Å². The van der Waals surface area contributed by atoms with Crippen LogP contribution in [0.4, 0.5) is 5.69 Å². The van der Waals surface area contributed by atoms with Crippen LogP contribution >= 0.6 is 11.3 Å². The van der Waals surface area contributed by atoms with Gasteiger partial charge in [0.05, 0.1) is 5.69 Å². The van der Waals surface area contributed by atoms with Crippen molar-refractivity contribution in [3.05, 3.63) is 82.6 Å². The van der Waals surface area contributed by atoms with Gasteiger partial charge < -0.3 is 20.6 Å². The summed E-state index contributed by atoms with van der Waals surface area (Å²) in [6.45, 7) is 6.14. The van der Waals surface area contributed by atoms with Gasteiger partial charge in [-0.15, -0.1) is 11.3 Å².